The van der Waals surface area contributed by atoms with Gasteiger partial charge in [0.1, 0.15) is 38.5 Å². The van der Waals surface area contributed by atoms with Gasteiger partial charge in [0.05, 0.1) is 6.07 Å². The van der Waals surface area contributed by atoms with Gasteiger partial charge < -0.3 is 36.4 Å². The number of rotatable bonds is 10. The van der Waals surface area contributed by atoms with E-state index in [0.717, 1.165) is 27.3 Å². The number of β-lactam (4-membered cyclic amide) rings is 1. The Balaban J connectivity index is 1.40. The minimum Gasteiger partial charge on any atom is -0.478 e. The van der Waals surface area contributed by atoms with Gasteiger partial charge in [-0.25, -0.2) is 14.6 Å². The molecule has 3 atom stereocenters. The summed E-state index contributed by atoms with van der Waals surface area (Å²) in [6.45, 7) is 4.04. The Morgan fingerprint density at radius 2 is 2.09 bits per heavy atom. The SMILES string of the molecule is CCn1c(N)cc2c1ccc[n+]2CC1=C(C(=O)O)N2C(=O)[C@@H](NC(=O)/C(=N\O[C@@H](C)C(=O)O)c3nc(N)sc3Cl)C2SC1. The number of fused-ring (bicyclic) bond motifs is 2. The zero-order chi connectivity index (χ0) is 31.2. The maximum Gasteiger partial charge on any atom is 0.352 e. The molecule has 2 aliphatic rings. The summed E-state index contributed by atoms with van der Waals surface area (Å²) in [5, 5.41) is 24.7. The first kappa shape index (κ1) is 30.1. The largest absolute Gasteiger partial charge is 0.478 e. The lowest BCUT2D eigenvalue weighted by atomic mass is 10.0. The predicted molar refractivity (Wildman–Crippen MR) is 158 cm³/mol. The van der Waals surface area contributed by atoms with Gasteiger partial charge in [-0.2, -0.15) is 4.57 Å². The Bertz CT molecular complexity index is 1740. The highest BCUT2D eigenvalue weighted by molar-refractivity contribution is 8.00. The van der Waals surface area contributed by atoms with Crippen LogP contribution < -0.4 is 21.4 Å². The Labute approximate surface area is 256 Å². The van der Waals surface area contributed by atoms with Gasteiger partial charge in [0.2, 0.25) is 11.6 Å². The molecular weight excluding hydrogens is 624 g/mol. The van der Waals surface area contributed by atoms with Gasteiger partial charge in [-0.15, -0.1) is 11.8 Å². The van der Waals surface area contributed by atoms with Gasteiger partial charge >= 0.3 is 11.9 Å². The maximum atomic E-state index is 13.3. The van der Waals surface area contributed by atoms with Crippen molar-refractivity contribution < 1.29 is 38.8 Å². The van der Waals surface area contributed by atoms with Gasteiger partial charge in [0, 0.05) is 23.9 Å². The summed E-state index contributed by atoms with van der Waals surface area (Å²) < 4.78 is 3.81. The molecule has 1 saturated heterocycles. The molecule has 0 radical (unpaired) electrons. The number of thiazole rings is 1. The van der Waals surface area contributed by atoms with Gasteiger partial charge in [0.15, 0.2) is 23.6 Å². The summed E-state index contributed by atoms with van der Waals surface area (Å²) in [7, 11) is 0. The first-order valence-electron chi connectivity index (χ1n) is 12.8. The fourth-order valence-corrected chi connectivity index (χ4v) is 7.10. The maximum absolute atomic E-state index is 13.3. The number of hydrogen-bond donors (Lipinski definition) is 5. The fourth-order valence-electron chi connectivity index (χ4n) is 4.84. The van der Waals surface area contributed by atoms with Crippen LogP contribution in [0.1, 0.15) is 19.5 Å². The second-order valence-corrected chi connectivity index (χ2v) is 12.3. The fraction of sp³-hybridized carbons (Fsp3) is 0.320. The number of carboxylic acid groups (broad SMARTS) is 2. The molecule has 2 aliphatic heterocycles. The van der Waals surface area contributed by atoms with E-state index in [2.05, 4.69) is 15.5 Å². The topological polar surface area (TPSA) is 219 Å². The smallest absolute Gasteiger partial charge is 0.352 e. The van der Waals surface area contributed by atoms with Gasteiger partial charge in [-0.05, 0) is 19.9 Å². The highest BCUT2D eigenvalue weighted by Crippen LogP contribution is 2.40. The van der Waals surface area contributed by atoms with Gasteiger partial charge in [-0.3, -0.25) is 14.5 Å². The van der Waals surface area contributed by atoms with Gasteiger partial charge in [-0.1, -0.05) is 28.1 Å². The predicted octanol–water partition coefficient (Wildman–Crippen LogP) is 0.856. The van der Waals surface area contributed by atoms with Crippen LogP contribution in [0.2, 0.25) is 4.34 Å². The van der Waals surface area contributed by atoms with Crippen molar-refractivity contribution in [1.82, 2.24) is 19.8 Å². The van der Waals surface area contributed by atoms with Crippen molar-refractivity contribution in [1.29, 1.82) is 0 Å². The van der Waals surface area contributed by atoms with Crippen LogP contribution in [0.4, 0.5) is 10.9 Å². The molecule has 3 aromatic heterocycles. The summed E-state index contributed by atoms with van der Waals surface area (Å²) >= 11 is 8.31. The Hall–Kier alpha value is -4.35. The van der Waals surface area contributed by atoms with Crippen LogP contribution in [0.15, 0.2) is 40.8 Å². The van der Waals surface area contributed by atoms with E-state index in [4.69, 9.17) is 33.0 Å². The third-order valence-corrected chi connectivity index (χ3v) is 9.31. The number of nitrogens with zero attached hydrogens (tertiary/aromatic N) is 5. The average Bonchev–Trinajstić information content (AvgIpc) is 3.47. The number of anilines is 2. The van der Waals surface area contributed by atoms with Crippen LogP contribution in [0.3, 0.4) is 0 Å². The third-order valence-electron chi connectivity index (χ3n) is 6.88. The lowest BCUT2D eigenvalue weighted by Crippen LogP contribution is -2.71. The molecule has 15 nitrogen and oxygen atoms in total. The Kier molecular flexibility index (Phi) is 8.22. The molecule has 226 valence electrons. The van der Waals surface area contributed by atoms with Crippen molar-refractivity contribution in [3.8, 4) is 0 Å². The van der Waals surface area contributed by atoms with E-state index in [1.807, 2.05) is 40.5 Å². The normalized spacial score (nSPS) is 19.2. The molecule has 3 aromatic rings. The number of carbonyl (C=O) groups excluding carboxylic acids is 2. The molecule has 7 N–H and O–H groups in total. The van der Waals surface area contributed by atoms with Crippen molar-refractivity contribution in [3.05, 3.63) is 45.7 Å². The zero-order valence-corrected chi connectivity index (χ0v) is 25.1. The number of nitrogens with two attached hydrogens (primary N) is 2. The Morgan fingerprint density at radius 3 is 2.72 bits per heavy atom. The van der Waals surface area contributed by atoms with Crippen LogP contribution in [0, 0.1) is 0 Å². The third kappa shape index (κ3) is 5.46. The summed E-state index contributed by atoms with van der Waals surface area (Å²) in [6.07, 6.45) is 0.408. The number of oxime groups is 1. The van der Waals surface area contributed by atoms with Gasteiger partial charge in [0.25, 0.3) is 11.8 Å². The lowest BCUT2D eigenvalue weighted by Gasteiger charge is -2.49. The first-order valence-corrected chi connectivity index (χ1v) is 15.0. The zero-order valence-electron chi connectivity index (χ0n) is 22.7. The molecular formula is C25H26ClN8O7S2+. The van der Waals surface area contributed by atoms with Crippen LogP contribution >= 0.6 is 34.7 Å². The standard InChI is InChI=1S/C25H25ClN8O7S2/c1-3-33-12-5-4-6-32(13(12)7-14(33)27)8-11-9-42-22-17(21(36)34(22)18(11)24(39)40)29-20(35)16(31-41-10(2)23(37)38)15-19(26)43-25(28)30-15/h4-7,10,17,22,27H,3,8-9H2,1-2H3,(H5,28,29,30,35,37,38,39,40)/p+1/b31-16-/t10-,17+,22?/m0/s1. The number of aryl methyl sites for hydroxylation is 1. The van der Waals surface area contributed by atoms with Crippen LogP contribution in [0.25, 0.3) is 11.0 Å². The molecule has 0 bridgehead atoms. The molecule has 0 aromatic carbocycles. The van der Waals surface area contributed by atoms with Crippen molar-refractivity contribution >= 4 is 86.1 Å². The van der Waals surface area contributed by atoms with E-state index in [-0.39, 0.29) is 33.2 Å². The highest BCUT2D eigenvalue weighted by atomic mass is 35.5. The number of aliphatic carboxylic acids is 2. The second kappa shape index (κ2) is 11.7. The molecule has 1 fully saturated rings. The summed E-state index contributed by atoms with van der Waals surface area (Å²) in [5.41, 5.74) is 13.3. The number of carboxylic acids is 2. The van der Waals surface area contributed by atoms with E-state index in [9.17, 15) is 24.3 Å². The molecule has 0 saturated carbocycles. The van der Waals surface area contributed by atoms with Crippen molar-refractivity contribution in [3.63, 3.8) is 0 Å². The van der Waals surface area contributed by atoms with Crippen molar-refractivity contribution in [2.24, 2.45) is 5.16 Å². The molecule has 0 spiro atoms. The number of pyridine rings is 1. The number of nitrogens with one attached hydrogen (secondary N) is 1. The van der Waals surface area contributed by atoms with Crippen molar-refractivity contribution in [2.45, 2.75) is 44.5 Å². The monoisotopic (exact) mass is 649 g/mol. The number of thioether (sulfide) groups is 1. The highest BCUT2D eigenvalue weighted by Gasteiger charge is 2.55. The number of halogens is 1. The summed E-state index contributed by atoms with van der Waals surface area (Å²) in [5.74, 6) is -3.35. The van der Waals surface area contributed by atoms with E-state index in [0.29, 0.717) is 17.9 Å². The number of aromatic nitrogens is 3. The number of nitrogen functional groups attached to an aromatic ring is 2. The lowest BCUT2D eigenvalue weighted by molar-refractivity contribution is -0.663. The number of hydrogen-bond acceptors (Lipinski definition) is 11. The molecule has 1 unspecified atom stereocenters. The van der Waals surface area contributed by atoms with Crippen LogP contribution in [0.5, 0.6) is 0 Å². The van der Waals surface area contributed by atoms with Crippen molar-refractivity contribution in [2.75, 3.05) is 17.2 Å². The molecule has 2 amide bonds. The second-order valence-electron chi connectivity index (χ2n) is 9.54. The molecule has 0 aliphatic carbocycles. The average molecular weight is 650 g/mol. The molecule has 18 heteroatoms. The van der Waals surface area contributed by atoms with Crippen LogP contribution in [-0.4, -0.2) is 77.4 Å². The van der Waals surface area contributed by atoms with E-state index in [1.54, 1.807) is 0 Å². The molecule has 5 rings (SSSR count). The number of carbonyl (C=O) groups is 4. The molecule has 5 heterocycles. The first-order chi connectivity index (χ1) is 20.4. The summed E-state index contributed by atoms with van der Waals surface area (Å²) in [6, 6.07) is 4.48. The molecule has 43 heavy (non-hydrogen) atoms. The van der Waals surface area contributed by atoms with E-state index < -0.39 is 47.0 Å². The quantitative estimate of drug-likeness (QED) is 0.0897. The van der Waals surface area contributed by atoms with E-state index in [1.165, 1.54) is 18.7 Å². The minimum atomic E-state index is -1.41. The van der Waals surface area contributed by atoms with Crippen LogP contribution in [-0.2, 0) is 37.1 Å². The van der Waals surface area contributed by atoms with E-state index >= 15 is 0 Å². The minimum absolute atomic E-state index is 0.00382. The summed E-state index contributed by atoms with van der Waals surface area (Å²) in [4.78, 5) is 60.2. The number of amides is 2. The Morgan fingerprint density at radius 1 is 1.35 bits per heavy atom.